The Morgan fingerprint density at radius 3 is 2.76 bits per heavy atom. The van der Waals surface area contributed by atoms with E-state index < -0.39 is 0 Å². The first-order chi connectivity index (χ1) is 12.1. The van der Waals surface area contributed by atoms with E-state index in [1.807, 2.05) is 25.1 Å². The minimum Gasteiger partial charge on any atom is -0.494 e. The highest BCUT2D eigenvalue weighted by molar-refractivity contribution is 6.07. The quantitative estimate of drug-likeness (QED) is 0.867. The lowest BCUT2D eigenvalue weighted by atomic mass is 10.0. The zero-order valence-electron chi connectivity index (χ0n) is 15.4. The number of hydrogen-bond donors (Lipinski definition) is 1. The summed E-state index contributed by atoms with van der Waals surface area (Å²) in [4.78, 5) is 15.3. The summed E-state index contributed by atoms with van der Waals surface area (Å²) in [7, 11) is 0. The molecule has 0 unspecified atom stereocenters. The molecule has 0 radical (unpaired) electrons. The Morgan fingerprint density at radius 1 is 1.32 bits per heavy atom. The van der Waals surface area contributed by atoms with Crippen LogP contribution in [0, 0.1) is 6.92 Å². The van der Waals surface area contributed by atoms with Crippen molar-refractivity contribution in [2.75, 3.05) is 26.2 Å². The minimum absolute atomic E-state index is 0.0427. The Bertz CT molecular complexity index is 730. The summed E-state index contributed by atoms with van der Waals surface area (Å²) in [5.74, 6) is 1.39. The van der Waals surface area contributed by atoms with Crippen molar-refractivity contribution in [2.24, 2.45) is 0 Å². The van der Waals surface area contributed by atoms with E-state index in [4.69, 9.17) is 9.15 Å². The Labute approximate surface area is 149 Å². The van der Waals surface area contributed by atoms with Gasteiger partial charge in [-0.05, 0) is 50.9 Å². The maximum absolute atomic E-state index is 12.9. The number of furan rings is 1. The first-order valence-electron chi connectivity index (χ1n) is 9.31. The normalized spacial score (nSPS) is 16.3. The maximum Gasteiger partial charge on any atom is 0.255 e. The first kappa shape index (κ1) is 17.8. The van der Waals surface area contributed by atoms with Crippen LogP contribution in [0.2, 0.25) is 0 Å². The number of nitrogens with zero attached hydrogens (tertiary/aromatic N) is 1. The number of rotatable bonds is 6. The number of fused-ring (bicyclic) bond motifs is 1. The maximum atomic E-state index is 12.9. The number of piperidine rings is 1. The summed E-state index contributed by atoms with van der Waals surface area (Å²) in [5, 5.41) is 4.02. The van der Waals surface area contributed by atoms with Crippen LogP contribution in [-0.2, 0) is 0 Å². The summed E-state index contributed by atoms with van der Waals surface area (Å²) < 4.78 is 11.5. The molecule has 2 aromatic rings. The molecule has 0 aliphatic carbocycles. The van der Waals surface area contributed by atoms with Gasteiger partial charge in [0.2, 0.25) is 0 Å². The molecular formula is C20H28N2O3. The zero-order valence-corrected chi connectivity index (χ0v) is 15.4. The molecule has 1 saturated heterocycles. The second-order valence-corrected chi connectivity index (χ2v) is 6.72. The lowest BCUT2D eigenvalue weighted by Gasteiger charge is -2.31. The molecule has 5 heteroatoms. The fourth-order valence-corrected chi connectivity index (χ4v) is 3.44. The van der Waals surface area contributed by atoms with E-state index in [0.717, 1.165) is 55.6 Å². The van der Waals surface area contributed by atoms with Crippen LogP contribution in [-0.4, -0.2) is 43.1 Å². The van der Waals surface area contributed by atoms with Crippen LogP contribution >= 0.6 is 0 Å². The van der Waals surface area contributed by atoms with Crippen molar-refractivity contribution in [3.63, 3.8) is 0 Å². The smallest absolute Gasteiger partial charge is 0.255 e. The van der Waals surface area contributed by atoms with Crippen LogP contribution in [0.1, 0.15) is 49.2 Å². The SMILES string of the molecule is CCCOc1ccc2oc(C)c(C(=O)NC3CCN(CC)CC3)c2c1. The van der Waals surface area contributed by atoms with Crippen molar-refractivity contribution in [1.82, 2.24) is 10.2 Å². The minimum atomic E-state index is -0.0427. The Morgan fingerprint density at radius 2 is 2.08 bits per heavy atom. The van der Waals surface area contributed by atoms with Gasteiger partial charge in [-0.1, -0.05) is 13.8 Å². The molecular weight excluding hydrogens is 316 g/mol. The number of nitrogens with one attached hydrogen (secondary N) is 1. The molecule has 25 heavy (non-hydrogen) atoms. The Hall–Kier alpha value is -2.01. The van der Waals surface area contributed by atoms with E-state index in [2.05, 4.69) is 24.1 Å². The van der Waals surface area contributed by atoms with Gasteiger partial charge >= 0.3 is 0 Å². The Balaban J connectivity index is 1.77. The van der Waals surface area contributed by atoms with E-state index in [0.29, 0.717) is 17.9 Å². The monoisotopic (exact) mass is 344 g/mol. The molecule has 2 heterocycles. The van der Waals surface area contributed by atoms with Gasteiger partial charge < -0.3 is 19.4 Å². The molecule has 1 aromatic heterocycles. The zero-order chi connectivity index (χ0) is 17.8. The molecule has 1 aliphatic heterocycles. The number of likely N-dealkylation sites (tertiary alicyclic amines) is 1. The van der Waals surface area contributed by atoms with Crippen molar-refractivity contribution < 1.29 is 13.9 Å². The molecule has 1 fully saturated rings. The van der Waals surface area contributed by atoms with Gasteiger partial charge in [0.1, 0.15) is 17.1 Å². The van der Waals surface area contributed by atoms with E-state index >= 15 is 0 Å². The third kappa shape index (κ3) is 3.98. The number of amides is 1. The van der Waals surface area contributed by atoms with Crippen LogP contribution in [0.4, 0.5) is 0 Å². The van der Waals surface area contributed by atoms with Gasteiger partial charge in [0.15, 0.2) is 0 Å². The van der Waals surface area contributed by atoms with Crippen molar-refractivity contribution in [3.05, 3.63) is 29.5 Å². The summed E-state index contributed by atoms with van der Waals surface area (Å²) in [6.45, 7) is 9.93. The van der Waals surface area contributed by atoms with Crippen molar-refractivity contribution in [1.29, 1.82) is 0 Å². The molecule has 1 N–H and O–H groups in total. The van der Waals surface area contributed by atoms with Gasteiger partial charge in [-0.2, -0.15) is 0 Å². The Kier molecular flexibility index (Phi) is 5.63. The number of aryl methyl sites for hydroxylation is 1. The highest BCUT2D eigenvalue weighted by Crippen LogP contribution is 2.29. The third-order valence-corrected chi connectivity index (χ3v) is 4.91. The van der Waals surface area contributed by atoms with Gasteiger partial charge in [-0.25, -0.2) is 0 Å². The lowest BCUT2D eigenvalue weighted by Crippen LogP contribution is -2.44. The number of ether oxygens (including phenoxy) is 1. The standard InChI is InChI=1S/C20H28N2O3/c1-4-12-24-16-6-7-18-17(13-16)19(14(3)25-18)20(23)21-15-8-10-22(5-2)11-9-15/h6-7,13,15H,4-5,8-12H2,1-3H3,(H,21,23). The van der Waals surface area contributed by atoms with Crippen LogP contribution in [0.25, 0.3) is 11.0 Å². The van der Waals surface area contributed by atoms with Gasteiger partial charge in [0.05, 0.1) is 12.2 Å². The van der Waals surface area contributed by atoms with Crippen molar-refractivity contribution >= 4 is 16.9 Å². The average molecular weight is 344 g/mol. The molecule has 0 saturated carbocycles. The largest absolute Gasteiger partial charge is 0.494 e. The van der Waals surface area contributed by atoms with E-state index in [1.165, 1.54) is 0 Å². The second kappa shape index (κ2) is 7.91. The molecule has 1 aliphatic rings. The highest BCUT2D eigenvalue weighted by atomic mass is 16.5. The topological polar surface area (TPSA) is 54.7 Å². The van der Waals surface area contributed by atoms with Gasteiger partial charge in [-0.3, -0.25) is 4.79 Å². The molecule has 0 spiro atoms. The average Bonchev–Trinajstić information content (AvgIpc) is 2.95. The predicted molar refractivity (Wildman–Crippen MR) is 99.3 cm³/mol. The van der Waals surface area contributed by atoms with Gasteiger partial charge in [-0.15, -0.1) is 0 Å². The van der Waals surface area contributed by atoms with Crippen LogP contribution in [0.3, 0.4) is 0 Å². The molecule has 136 valence electrons. The van der Waals surface area contributed by atoms with Crippen molar-refractivity contribution in [2.45, 2.75) is 46.1 Å². The summed E-state index contributed by atoms with van der Waals surface area (Å²) in [6, 6.07) is 5.92. The highest BCUT2D eigenvalue weighted by Gasteiger charge is 2.24. The van der Waals surface area contributed by atoms with Crippen LogP contribution in [0.5, 0.6) is 5.75 Å². The van der Waals surface area contributed by atoms with Crippen molar-refractivity contribution in [3.8, 4) is 5.75 Å². The summed E-state index contributed by atoms with van der Waals surface area (Å²) in [6.07, 6.45) is 2.95. The molecule has 0 bridgehead atoms. The van der Waals surface area contributed by atoms with Crippen LogP contribution in [0.15, 0.2) is 22.6 Å². The van der Waals surface area contributed by atoms with E-state index in [-0.39, 0.29) is 11.9 Å². The van der Waals surface area contributed by atoms with E-state index in [9.17, 15) is 4.79 Å². The molecule has 3 rings (SSSR count). The number of carbonyl (C=O) groups excluding carboxylic acids is 1. The number of hydrogen-bond acceptors (Lipinski definition) is 4. The predicted octanol–water partition coefficient (Wildman–Crippen LogP) is 3.74. The summed E-state index contributed by atoms with van der Waals surface area (Å²) in [5.41, 5.74) is 1.36. The first-order valence-corrected chi connectivity index (χ1v) is 9.31. The van der Waals surface area contributed by atoms with Gasteiger partial charge in [0, 0.05) is 24.5 Å². The summed E-state index contributed by atoms with van der Waals surface area (Å²) >= 11 is 0. The van der Waals surface area contributed by atoms with E-state index in [1.54, 1.807) is 0 Å². The molecule has 0 atom stereocenters. The van der Waals surface area contributed by atoms with Crippen LogP contribution < -0.4 is 10.1 Å². The molecule has 1 amide bonds. The third-order valence-electron chi connectivity index (χ3n) is 4.91. The fraction of sp³-hybridized carbons (Fsp3) is 0.550. The second-order valence-electron chi connectivity index (χ2n) is 6.72. The number of benzene rings is 1. The van der Waals surface area contributed by atoms with Gasteiger partial charge in [0.25, 0.3) is 5.91 Å². The molecule has 5 nitrogen and oxygen atoms in total. The lowest BCUT2D eigenvalue weighted by molar-refractivity contribution is 0.0912. The fourth-order valence-electron chi connectivity index (χ4n) is 3.44. The number of carbonyl (C=O) groups is 1. The molecule has 1 aromatic carbocycles.